The van der Waals surface area contributed by atoms with E-state index in [1.54, 1.807) is 12.2 Å². The molecule has 1 heterocycles. The summed E-state index contributed by atoms with van der Waals surface area (Å²) in [5, 5.41) is 0. The Morgan fingerprint density at radius 1 is 1.03 bits per heavy atom. The van der Waals surface area contributed by atoms with Crippen LogP contribution in [0.1, 0.15) is 37.3 Å². The Morgan fingerprint density at radius 2 is 1.66 bits per heavy atom. The minimum absolute atomic E-state index is 0.163. The fraction of sp³-hybridized carbons (Fsp3) is 0.379. The molecule has 2 aromatic carbocycles. The van der Waals surface area contributed by atoms with Crippen LogP contribution in [-0.4, -0.2) is 47.9 Å². The van der Waals surface area contributed by atoms with Crippen molar-refractivity contribution in [2.75, 3.05) is 6.61 Å². The van der Waals surface area contributed by atoms with Crippen molar-refractivity contribution in [3.63, 3.8) is 0 Å². The Balaban J connectivity index is 1.72. The fourth-order valence-electron chi connectivity index (χ4n) is 4.21. The lowest BCUT2D eigenvalue weighted by Gasteiger charge is -2.31. The second-order valence-electron chi connectivity index (χ2n) is 8.58. The first-order chi connectivity index (χ1) is 17.1. The third-order valence-corrected chi connectivity index (χ3v) is 6.03. The van der Waals surface area contributed by atoms with Crippen molar-refractivity contribution >= 4 is 12.0 Å². The number of carbonyl (C=O) groups excluding carboxylic acids is 2. The quantitative estimate of drug-likeness (QED) is 0.337. The molecule has 3 rings (SSSR count). The van der Waals surface area contributed by atoms with Gasteiger partial charge in [0, 0.05) is 6.42 Å². The van der Waals surface area contributed by atoms with Gasteiger partial charge in [-0.25, -0.2) is 9.69 Å². The highest BCUT2D eigenvalue weighted by atomic mass is 16.6. The van der Waals surface area contributed by atoms with Gasteiger partial charge in [-0.1, -0.05) is 79.7 Å². The zero-order valence-corrected chi connectivity index (χ0v) is 20.4. The summed E-state index contributed by atoms with van der Waals surface area (Å²) in [6, 6.07) is 19.3. The van der Waals surface area contributed by atoms with E-state index >= 15 is 0 Å². The summed E-state index contributed by atoms with van der Waals surface area (Å²) in [6.45, 7) is 10.2. The average Bonchev–Trinajstić information content (AvgIpc) is 3.25. The van der Waals surface area contributed by atoms with Gasteiger partial charge in [0.2, 0.25) is 0 Å². The van der Waals surface area contributed by atoms with Crippen molar-refractivity contribution in [3.05, 3.63) is 97.1 Å². The predicted octanol–water partition coefficient (Wildman–Crippen LogP) is 5.48. The molecule has 35 heavy (non-hydrogen) atoms. The first-order valence-electron chi connectivity index (χ1n) is 12.1. The number of rotatable bonds is 14. The minimum atomic E-state index is -0.867. The normalized spacial score (nSPS) is 17.9. The van der Waals surface area contributed by atoms with Crippen molar-refractivity contribution < 1.29 is 23.8 Å². The van der Waals surface area contributed by atoms with E-state index in [2.05, 4.69) is 13.2 Å². The highest BCUT2D eigenvalue weighted by Gasteiger charge is 2.42. The highest BCUT2D eigenvalue weighted by molar-refractivity contribution is 5.96. The lowest BCUT2D eigenvalue weighted by molar-refractivity contribution is -0.154. The third kappa shape index (κ3) is 7.38. The molecule has 4 atom stereocenters. The van der Waals surface area contributed by atoms with Gasteiger partial charge >= 0.3 is 6.09 Å². The van der Waals surface area contributed by atoms with E-state index in [4.69, 9.17) is 14.2 Å². The predicted molar refractivity (Wildman–Crippen MR) is 136 cm³/mol. The summed E-state index contributed by atoms with van der Waals surface area (Å²) in [7, 11) is 0. The van der Waals surface area contributed by atoms with Crippen LogP contribution in [0.25, 0.3) is 0 Å². The maximum Gasteiger partial charge on any atom is 0.417 e. The van der Waals surface area contributed by atoms with Crippen molar-refractivity contribution in [2.24, 2.45) is 0 Å². The van der Waals surface area contributed by atoms with Crippen molar-refractivity contribution in [1.82, 2.24) is 4.90 Å². The van der Waals surface area contributed by atoms with Gasteiger partial charge in [-0.15, -0.1) is 13.2 Å². The number of carbonyl (C=O) groups is 2. The van der Waals surface area contributed by atoms with Crippen molar-refractivity contribution in [3.8, 4) is 0 Å². The van der Waals surface area contributed by atoms with Crippen LogP contribution in [0.3, 0.4) is 0 Å². The summed E-state index contributed by atoms with van der Waals surface area (Å²) >= 11 is 0. The number of hydrogen-bond donors (Lipinski definition) is 0. The standard InChI is InChI=1S/C29H35NO5/c1-4-13-26(33-20-23-17-11-8-12-18-23)25(6-3)35-27(14-5-2)28(31)30-24(21-34-29(30)32)19-22-15-9-7-10-16-22/h4-5,7-12,15-18,24-27H,1-2,6,13-14,19-21H2,3H3/t24-,25+,26+,27+/m0/s1. The number of benzene rings is 2. The molecule has 0 N–H and O–H groups in total. The van der Waals surface area contributed by atoms with E-state index < -0.39 is 18.1 Å². The molecule has 1 aliphatic rings. The Morgan fingerprint density at radius 3 is 2.26 bits per heavy atom. The molecule has 1 fully saturated rings. The Hall–Kier alpha value is -3.22. The molecule has 0 radical (unpaired) electrons. The largest absolute Gasteiger partial charge is 0.447 e. The van der Waals surface area contributed by atoms with E-state index in [9.17, 15) is 9.59 Å². The second kappa shape index (κ2) is 13.6. The van der Waals surface area contributed by atoms with Gasteiger partial charge in [-0.3, -0.25) is 4.79 Å². The SMILES string of the molecule is C=CC[C@@H](O[C@H](CC)[C@@H](CC=C)OCc1ccccc1)C(=O)N1C(=O)OC[C@@H]1Cc1ccccc1. The summed E-state index contributed by atoms with van der Waals surface area (Å²) in [6.07, 6.45) is 3.27. The van der Waals surface area contributed by atoms with Crippen molar-refractivity contribution in [1.29, 1.82) is 0 Å². The first kappa shape index (κ1) is 26.4. The van der Waals surface area contributed by atoms with Crippen LogP contribution in [0.5, 0.6) is 0 Å². The topological polar surface area (TPSA) is 65.1 Å². The van der Waals surface area contributed by atoms with E-state index in [0.717, 1.165) is 11.1 Å². The molecule has 0 unspecified atom stereocenters. The Kier molecular flexibility index (Phi) is 10.3. The van der Waals surface area contributed by atoms with Gasteiger partial charge in [0.05, 0.1) is 24.9 Å². The monoisotopic (exact) mass is 477 g/mol. The molecule has 2 amide bonds. The van der Waals surface area contributed by atoms with Crippen LogP contribution in [0.2, 0.25) is 0 Å². The molecule has 0 bridgehead atoms. The molecular formula is C29H35NO5. The molecule has 0 saturated carbocycles. The smallest absolute Gasteiger partial charge is 0.417 e. The zero-order valence-electron chi connectivity index (χ0n) is 20.4. The lowest BCUT2D eigenvalue weighted by Crippen LogP contribution is -2.48. The van der Waals surface area contributed by atoms with Crippen molar-refractivity contribution in [2.45, 2.75) is 63.6 Å². The van der Waals surface area contributed by atoms with Gasteiger partial charge in [0.1, 0.15) is 12.7 Å². The van der Waals surface area contributed by atoms with E-state index in [-0.39, 0.29) is 31.3 Å². The Bertz CT molecular complexity index is 962. The molecular weight excluding hydrogens is 442 g/mol. The number of nitrogens with zero attached hydrogens (tertiary/aromatic N) is 1. The number of cyclic esters (lactones) is 1. The van der Waals surface area contributed by atoms with Gasteiger partial charge in [0.25, 0.3) is 5.91 Å². The van der Waals surface area contributed by atoms with E-state index in [1.807, 2.05) is 67.6 Å². The molecule has 0 aromatic heterocycles. The maximum absolute atomic E-state index is 13.5. The summed E-state index contributed by atoms with van der Waals surface area (Å²) in [5.74, 6) is -0.410. The molecule has 0 aliphatic carbocycles. The third-order valence-electron chi connectivity index (χ3n) is 6.03. The van der Waals surface area contributed by atoms with Gasteiger partial charge < -0.3 is 14.2 Å². The second-order valence-corrected chi connectivity index (χ2v) is 8.58. The van der Waals surface area contributed by atoms with Crippen LogP contribution in [0, 0.1) is 0 Å². The van der Waals surface area contributed by atoms with Gasteiger partial charge in [-0.05, 0) is 30.4 Å². The molecule has 1 saturated heterocycles. The van der Waals surface area contributed by atoms with Crippen LogP contribution in [0.4, 0.5) is 4.79 Å². The summed E-state index contributed by atoms with van der Waals surface area (Å²) in [5.41, 5.74) is 2.08. The molecule has 2 aromatic rings. The van der Waals surface area contributed by atoms with Crippen LogP contribution < -0.4 is 0 Å². The van der Waals surface area contributed by atoms with E-state index in [1.165, 1.54) is 4.90 Å². The minimum Gasteiger partial charge on any atom is -0.447 e. The van der Waals surface area contributed by atoms with Gasteiger partial charge in [-0.2, -0.15) is 0 Å². The number of amides is 2. The lowest BCUT2D eigenvalue weighted by atomic mass is 10.0. The molecule has 186 valence electrons. The first-order valence-corrected chi connectivity index (χ1v) is 12.1. The maximum atomic E-state index is 13.5. The Labute approximate surface area is 208 Å². The fourth-order valence-corrected chi connectivity index (χ4v) is 4.21. The molecule has 6 nitrogen and oxygen atoms in total. The average molecular weight is 478 g/mol. The molecule has 1 aliphatic heterocycles. The number of ether oxygens (including phenoxy) is 3. The van der Waals surface area contributed by atoms with E-state index in [0.29, 0.717) is 25.9 Å². The summed E-state index contributed by atoms with van der Waals surface area (Å²) in [4.78, 5) is 27.3. The number of imide groups is 1. The summed E-state index contributed by atoms with van der Waals surface area (Å²) < 4.78 is 17.8. The van der Waals surface area contributed by atoms with Gasteiger partial charge in [0.15, 0.2) is 0 Å². The zero-order chi connectivity index (χ0) is 25.0. The molecule has 0 spiro atoms. The van der Waals surface area contributed by atoms with Crippen LogP contribution in [-0.2, 0) is 32.0 Å². The van der Waals surface area contributed by atoms with Crippen LogP contribution in [0.15, 0.2) is 86.0 Å². The number of hydrogen-bond acceptors (Lipinski definition) is 5. The highest BCUT2D eigenvalue weighted by Crippen LogP contribution is 2.23. The molecule has 6 heteroatoms. The van der Waals surface area contributed by atoms with Crippen LogP contribution >= 0.6 is 0 Å².